The van der Waals surface area contributed by atoms with Gasteiger partial charge in [0.15, 0.2) is 0 Å². The number of aliphatic hydroxyl groups is 1. The van der Waals surface area contributed by atoms with Gasteiger partial charge in [-0.2, -0.15) is 0 Å². The van der Waals surface area contributed by atoms with Gasteiger partial charge in [-0.1, -0.05) is 29.3 Å². The van der Waals surface area contributed by atoms with Gasteiger partial charge < -0.3 is 15.3 Å². The minimum absolute atomic E-state index is 0.0541. The van der Waals surface area contributed by atoms with Crippen molar-refractivity contribution in [3.8, 4) is 0 Å². The Morgan fingerprint density at radius 2 is 2.00 bits per heavy atom. The largest absolute Gasteiger partial charge is 0.388 e. The molecule has 0 saturated carbocycles. The highest BCUT2D eigenvalue weighted by Gasteiger charge is 2.22. The van der Waals surface area contributed by atoms with Crippen molar-refractivity contribution in [1.82, 2.24) is 10.2 Å². The van der Waals surface area contributed by atoms with Gasteiger partial charge in [0.1, 0.15) is 0 Å². The molecule has 2 unspecified atom stereocenters. The molecular weight excluding hydrogens is 283 g/mol. The SMILES string of the molecule is CC(NCC(C)(O)CN(C)C)c1ccc(Cl)cc1Cl. The van der Waals surface area contributed by atoms with E-state index in [1.807, 2.05) is 45.0 Å². The summed E-state index contributed by atoms with van der Waals surface area (Å²) in [5.41, 5.74) is 0.197. The topological polar surface area (TPSA) is 35.5 Å². The number of likely N-dealkylation sites (N-methyl/N-ethyl adjacent to an activating group) is 1. The van der Waals surface area contributed by atoms with Crippen LogP contribution in [0.5, 0.6) is 0 Å². The molecule has 0 aliphatic carbocycles. The highest BCUT2D eigenvalue weighted by molar-refractivity contribution is 6.35. The van der Waals surface area contributed by atoms with Crippen molar-refractivity contribution >= 4 is 23.2 Å². The van der Waals surface area contributed by atoms with Crippen LogP contribution in [0.2, 0.25) is 10.0 Å². The first-order valence-electron chi connectivity index (χ1n) is 6.27. The molecule has 1 aromatic rings. The lowest BCUT2D eigenvalue weighted by molar-refractivity contribution is 0.0317. The normalized spacial score (nSPS) is 16.4. The molecule has 0 aliphatic heterocycles. The Labute approximate surface area is 125 Å². The molecule has 2 N–H and O–H groups in total. The van der Waals surface area contributed by atoms with Gasteiger partial charge in [-0.15, -0.1) is 0 Å². The summed E-state index contributed by atoms with van der Waals surface area (Å²) >= 11 is 12.0. The summed E-state index contributed by atoms with van der Waals surface area (Å²) in [6.07, 6.45) is 0. The van der Waals surface area contributed by atoms with Crippen LogP contribution in [0.25, 0.3) is 0 Å². The van der Waals surface area contributed by atoms with Crippen LogP contribution in [0.4, 0.5) is 0 Å². The van der Waals surface area contributed by atoms with Crippen LogP contribution in [0, 0.1) is 0 Å². The summed E-state index contributed by atoms with van der Waals surface area (Å²) in [6, 6.07) is 5.51. The number of nitrogens with one attached hydrogen (secondary N) is 1. The van der Waals surface area contributed by atoms with E-state index in [1.165, 1.54) is 0 Å². The molecule has 0 spiro atoms. The zero-order chi connectivity index (χ0) is 14.6. The van der Waals surface area contributed by atoms with E-state index in [-0.39, 0.29) is 6.04 Å². The molecule has 0 bridgehead atoms. The van der Waals surface area contributed by atoms with E-state index in [9.17, 15) is 5.11 Å². The number of benzene rings is 1. The smallest absolute Gasteiger partial charge is 0.0869 e. The molecule has 0 heterocycles. The first-order chi connectivity index (χ1) is 8.71. The van der Waals surface area contributed by atoms with Crippen molar-refractivity contribution in [3.05, 3.63) is 33.8 Å². The third-order valence-electron chi connectivity index (χ3n) is 2.87. The Hall–Kier alpha value is -0.320. The maximum atomic E-state index is 10.2. The molecule has 0 amide bonds. The maximum absolute atomic E-state index is 10.2. The van der Waals surface area contributed by atoms with Crippen molar-refractivity contribution in [2.24, 2.45) is 0 Å². The highest BCUT2D eigenvalue weighted by Crippen LogP contribution is 2.26. The number of halogens is 2. The Morgan fingerprint density at radius 1 is 1.37 bits per heavy atom. The van der Waals surface area contributed by atoms with Crippen molar-refractivity contribution in [2.75, 3.05) is 27.2 Å². The predicted molar refractivity (Wildman–Crippen MR) is 82.1 cm³/mol. The fourth-order valence-electron chi connectivity index (χ4n) is 2.07. The third kappa shape index (κ3) is 5.67. The molecule has 0 aromatic heterocycles. The molecule has 1 rings (SSSR count). The Balaban J connectivity index is 2.62. The van der Waals surface area contributed by atoms with Crippen LogP contribution in [0.3, 0.4) is 0 Å². The zero-order valence-electron chi connectivity index (χ0n) is 11.9. The molecule has 1 aromatic carbocycles. The van der Waals surface area contributed by atoms with Crippen LogP contribution in [-0.2, 0) is 0 Å². The maximum Gasteiger partial charge on any atom is 0.0869 e. The molecule has 0 radical (unpaired) electrons. The van der Waals surface area contributed by atoms with Crippen LogP contribution in [-0.4, -0.2) is 42.8 Å². The summed E-state index contributed by atoms with van der Waals surface area (Å²) in [6.45, 7) is 4.92. The van der Waals surface area contributed by atoms with E-state index in [0.717, 1.165) is 5.56 Å². The molecule has 0 saturated heterocycles. The fraction of sp³-hybridized carbons (Fsp3) is 0.571. The molecular formula is C14H22Cl2N2O. The van der Waals surface area contributed by atoms with Crippen molar-refractivity contribution in [1.29, 1.82) is 0 Å². The van der Waals surface area contributed by atoms with E-state index in [4.69, 9.17) is 23.2 Å². The minimum atomic E-state index is -0.781. The van der Waals surface area contributed by atoms with Crippen LogP contribution >= 0.6 is 23.2 Å². The lowest BCUT2D eigenvalue weighted by Gasteiger charge is -2.29. The molecule has 0 aliphatic rings. The van der Waals surface area contributed by atoms with E-state index in [0.29, 0.717) is 23.1 Å². The van der Waals surface area contributed by atoms with Crippen molar-refractivity contribution in [2.45, 2.75) is 25.5 Å². The molecule has 0 fully saturated rings. The second-order valence-electron chi connectivity index (χ2n) is 5.50. The average molecular weight is 305 g/mol. The zero-order valence-corrected chi connectivity index (χ0v) is 13.4. The van der Waals surface area contributed by atoms with Gasteiger partial charge in [-0.05, 0) is 45.6 Å². The Kier molecular flexibility index (Phi) is 6.09. The second kappa shape index (κ2) is 6.91. The van der Waals surface area contributed by atoms with Crippen LogP contribution in [0.15, 0.2) is 18.2 Å². The Bertz CT molecular complexity index is 422. The van der Waals surface area contributed by atoms with Gasteiger partial charge in [0.2, 0.25) is 0 Å². The monoisotopic (exact) mass is 304 g/mol. The van der Waals surface area contributed by atoms with Gasteiger partial charge in [-0.25, -0.2) is 0 Å². The van der Waals surface area contributed by atoms with Gasteiger partial charge in [0.25, 0.3) is 0 Å². The molecule has 3 nitrogen and oxygen atoms in total. The quantitative estimate of drug-likeness (QED) is 0.848. The summed E-state index contributed by atoms with van der Waals surface area (Å²) in [4.78, 5) is 1.96. The summed E-state index contributed by atoms with van der Waals surface area (Å²) < 4.78 is 0. The standard InChI is InChI=1S/C14H22Cl2N2O/c1-10(12-6-5-11(15)7-13(12)16)17-8-14(2,19)9-18(3)4/h5-7,10,17,19H,8-9H2,1-4H3. The summed E-state index contributed by atoms with van der Waals surface area (Å²) in [5.74, 6) is 0. The van der Waals surface area contributed by atoms with Crippen molar-refractivity contribution in [3.63, 3.8) is 0 Å². The lowest BCUT2D eigenvalue weighted by atomic mass is 10.0. The van der Waals surface area contributed by atoms with Gasteiger partial charge in [0.05, 0.1) is 5.60 Å². The summed E-state index contributed by atoms with van der Waals surface area (Å²) in [7, 11) is 3.88. The average Bonchev–Trinajstić information content (AvgIpc) is 2.24. The van der Waals surface area contributed by atoms with Gasteiger partial charge in [0, 0.05) is 29.2 Å². The highest BCUT2D eigenvalue weighted by atomic mass is 35.5. The first kappa shape index (κ1) is 16.7. The van der Waals surface area contributed by atoms with Crippen LogP contribution < -0.4 is 5.32 Å². The number of nitrogens with zero attached hydrogens (tertiary/aromatic N) is 1. The first-order valence-corrected chi connectivity index (χ1v) is 7.02. The molecule has 108 valence electrons. The lowest BCUT2D eigenvalue weighted by Crippen LogP contribution is -2.46. The fourth-order valence-corrected chi connectivity index (χ4v) is 2.64. The van der Waals surface area contributed by atoms with E-state index in [2.05, 4.69) is 5.32 Å². The molecule has 19 heavy (non-hydrogen) atoms. The molecule has 5 heteroatoms. The summed E-state index contributed by atoms with van der Waals surface area (Å²) in [5, 5.41) is 14.8. The van der Waals surface area contributed by atoms with E-state index < -0.39 is 5.60 Å². The Morgan fingerprint density at radius 3 is 2.53 bits per heavy atom. The number of rotatable bonds is 6. The predicted octanol–water partition coefficient (Wildman–Crippen LogP) is 2.96. The minimum Gasteiger partial charge on any atom is -0.388 e. The van der Waals surface area contributed by atoms with Crippen molar-refractivity contribution < 1.29 is 5.11 Å². The van der Waals surface area contributed by atoms with Gasteiger partial charge >= 0.3 is 0 Å². The van der Waals surface area contributed by atoms with Crippen LogP contribution in [0.1, 0.15) is 25.5 Å². The van der Waals surface area contributed by atoms with E-state index in [1.54, 1.807) is 6.07 Å². The second-order valence-corrected chi connectivity index (χ2v) is 6.35. The van der Waals surface area contributed by atoms with Gasteiger partial charge in [-0.3, -0.25) is 0 Å². The number of hydrogen-bond donors (Lipinski definition) is 2. The number of hydrogen-bond acceptors (Lipinski definition) is 3. The van der Waals surface area contributed by atoms with E-state index >= 15 is 0 Å². The third-order valence-corrected chi connectivity index (χ3v) is 3.44. The molecule has 2 atom stereocenters.